The van der Waals surface area contributed by atoms with E-state index in [1.54, 1.807) is 12.1 Å². The Hall–Kier alpha value is -2.30. The lowest BCUT2D eigenvalue weighted by molar-refractivity contribution is 0.0942. The van der Waals surface area contributed by atoms with Gasteiger partial charge in [-0.2, -0.15) is 0 Å². The zero-order chi connectivity index (χ0) is 12.3. The van der Waals surface area contributed by atoms with Crippen LogP contribution < -0.4 is 10.9 Å². The summed E-state index contributed by atoms with van der Waals surface area (Å²) in [6.07, 6.45) is 0. The minimum Gasteiger partial charge on any atom is -0.465 e. The number of carbonyl (C=O) groups is 1. The topological polar surface area (TPSA) is 75.1 Å². The molecule has 2 aromatic heterocycles. The lowest BCUT2D eigenvalue weighted by Crippen LogP contribution is -2.25. The number of amides is 1. The Bertz CT molecular complexity index is 583. The highest BCUT2D eigenvalue weighted by Gasteiger charge is 2.06. The first-order valence-electron chi connectivity index (χ1n) is 5.18. The van der Waals surface area contributed by atoms with Crippen LogP contribution in [0.15, 0.2) is 39.5 Å². The van der Waals surface area contributed by atoms with E-state index in [9.17, 15) is 9.59 Å². The first-order chi connectivity index (χ1) is 8.15. The molecule has 0 bridgehead atoms. The number of rotatable bonds is 3. The van der Waals surface area contributed by atoms with E-state index in [2.05, 4.69) is 10.3 Å². The van der Waals surface area contributed by atoms with Crippen molar-refractivity contribution in [3.05, 3.63) is 57.9 Å². The van der Waals surface area contributed by atoms with Crippen LogP contribution in [-0.4, -0.2) is 10.9 Å². The second-order valence-corrected chi connectivity index (χ2v) is 3.62. The average Bonchev–Trinajstić information content (AvgIpc) is 2.72. The number of aromatic nitrogens is 1. The summed E-state index contributed by atoms with van der Waals surface area (Å²) >= 11 is 0. The quantitative estimate of drug-likeness (QED) is 0.835. The highest BCUT2D eigenvalue weighted by atomic mass is 16.3. The third kappa shape index (κ3) is 2.84. The van der Waals surface area contributed by atoms with Crippen LogP contribution in [-0.2, 0) is 6.54 Å². The van der Waals surface area contributed by atoms with E-state index >= 15 is 0 Å². The molecule has 5 heteroatoms. The molecule has 1 amide bonds. The van der Waals surface area contributed by atoms with E-state index < -0.39 is 0 Å². The van der Waals surface area contributed by atoms with Gasteiger partial charge in [0.1, 0.15) is 17.2 Å². The molecule has 5 nitrogen and oxygen atoms in total. The summed E-state index contributed by atoms with van der Waals surface area (Å²) in [5.74, 6) is 1.13. The molecule has 0 fully saturated rings. The van der Waals surface area contributed by atoms with Gasteiger partial charge in [0, 0.05) is 6.07 Å². The number of carbonyl (C=O) groups excluding carboxylic acids is 1. The summed E-state index contributed by atoms with van der Waals surface area (Å²) < 4.78 is 5.31. The van der Waals surface area contributed by atoms with Gasteiger partial charge in [0.05, 0.1) is 6.54 Å². The van der Waals surface area contributed by atoms with Crippen molar-refractivity contribution in [3.8, 4) is 0 Å². The number of hydrogen-bond donors (Lipinski definition) is 2. The molecule has 0 saturated carbocycles. The van der Waals surface area contributed by atoms with Crippen LogP contribution >= 0.6 is 0 Å². The van der Waals surface area contributed by atoms with E-state index in [0.29, 0.717) is 12.3 Å². The summed E-state index contributed by atoms with van der Waals surface area (Å²) in [5.41, 5.74) is -0.0627. The number of aromatic amines is 1. The number of nitrogens with one attached hydrogen (secondary N) is 2. The van der Waals surface area contributed by atoms with Crippen molar-refractivity contribution in [1.82, 2.24) is 10.3 Å². The number of pyridine rings is 1. The van der Waals surface area contributed by atoms with Gasteiger partial charge in [-0.05, 0) is 25.1 Å². The minimum atomic E-state index is -0.336. The molecule has 2 aromatic rings. The van der Waals surface area contributed by atoms with Crippen LogP contribution in [0.3, 0.4) is 0 Å². The summed E-state index contributed by atoms with van der Waals surface area (Å²) in [5, 5.41) is 2.65. The fourth-order valence-electron chi connectivity index (χ4n) is 1.42. The average molecular weight is 232 g/mol. The second kappa shape index (κ2) is 4.69. The molecule has 0 aliphatic carbocycles. The molecular formula is C12H12N2O3. The second-order valence-electron chi connectivity index (χ2n) is 3.62. The van der Waals surface area contributed by atoms with Gasteiger partial charge in [0.25, 0.3) is 5.91 Å². The SMILES string of the molecule is Cc1ccc(CNC(=O)c2cccc(=O)[nH]2)o1. The van der Waals surface area contributed by atoms with Crippen molar-refractivity contribution in [3.63, 3.8) is 0 Å². The molecule has 2 heterocycles. The van der Waals surface area contributed by atoms with Crippen molar-refractivity contribution in [2.45, 2.75) is 13.5 Å². The molecular weight excluding hydrogens is 220 g/mol. The standard InChI is InChI=1S/C12H12N2O3/c1-8-5-6-9(17-8)7-13-12(16)10-3-2-4-11(15)14-10/h2-6H,7H2,1H3,(H,13,16)(H,14,15). The van der Waals surface area contributed by atoms with Crippen LogP contribution in [0.4, 0.5) is 0 Å². The van der Waals surface area contributed by atoms with E-state index in [1.165, 1.54) is 12.1 Å². The van der Waals surface area contributed by atoms with Crippen molar-refractivity contribution in [2.75, 3.05) is 0 Å². The summed E-state index contributed by atoms with van der Waals surface area (Å²) in [4.78, 5) is 25.1. The highest BCUT2D eigenvalue weighted by Crippen LogP contribution is 2.05. The summed E-state index contributed by atoms with van der Waals surface area (Å²) in [6.45, 7) is 2.13. The van der Waals surface area contributed by atoms with Gasteiger partial charge >= 0.3 is 0 Å². The summed E-state index contributed by atoms with van der Waals surface area (Å²) in [7, 11) is 0. The van der Waals surface area contributed by atoms with E-state index in [1.807, 2.05) is 13.0 Å². The molecule has 0 unspecified atom stereocenters. The molecule has 0 spiro atoms. The number of furan rings is 1. The highest BCUT2D eigenvalue weighted by molar-refractivity contribution is 5.92. The lowest BCUT2D eigenvalue weighted by Gasteiger charge is -2.02. The third-order valence-corrected chi connectivity index (χ3v) is 2.23. The van der Waals surface area contributed by atoms with Crippen LogP contribution in [0.2, 0.25) is 0 Å². The maximum Gasteiger partial charge on any atom is 0.268 e. The molecule has 0 atom stereocenters. The van der Waals surface area contributed by atoms with Crippen molar-refractivity contribution in [1.29, 1.82) is 0 Å². The van der Waals surface area contributed by atoms with Gasteiger partial charge in [-0.25, -0.2) is 0 Å². The largest absolute Gasteiger partial charge is 0.465 e. The number of hydrogen-bond acceptors (Lipinski definition) is 3. The Morgan fingerprint density at radius 1 is 1.35 bits per heavy atom. The van der Waals surface area contributed by atoms with Crippen molar-refractivity contribution < 1.29 is 9.21 Å². The number of H-pyrrole nitrogens is 1. The fraction of sp³-hybridized carbons (Fsp3) is 0.167. The Balaban J connectivity index is 2.00. The predicted octanol–water partition coefficient (Wildman–Crippen LogP) is 1.21. The zero-order valence-electron chi connectivity index (χ0n) is 9.32. The zero-order valence-corrected chi connectivity index (χ0v) is 9.32. The van der Waals surface area contributed by atoms with Gasteiger partial charge in [0.2, 0.25) is 5.56 Å². The molecule has 0 aliphatic heterocycles. The minimum absolute atomic E-state index is 0.237. The molecule has 0 aromatic carbocycles. The van der Waals surface area contributed by atoms with E-state index in [0.717, 1.165) is 5.76 Å². The Morgan fingerprint density at radius 2 is 2.18 bits per heavy atom. The molecule has 0 saturated heterocycles. The Morgan fingerprint density at radius 3 is 2.82 bits per heavy atom. The van der Waals surface area contributed by atoms with Gasteiger partial charge < -0.3 is 14.7 Å². The van der Waals surface area contributed by atoms with Gasteiger partial charge in [-0.1, -0.05) is 6.07 Å². The van der Waals surface area contributed by atoms with Gasteiger partial charge in [-0.3, -0.25) is 9.59 Å². The molecule has 2 rings (SSSR count). The van der Waals surface area contributed by atoms with Crippen molar-refractivity contribution in [2.24, 2.45) is 0 Å². The van der Waals surface area contributed by atoms with Gasteiger partial charge in [-0.15, -0.1) is 0 Å². The Kier molecular flexibility index (Phi) is 3.09. The predicted molar refractivity (Wildman–Crippen MR) is 61.7 cm³/mol. The molecule has 17 heavy (non-hydrogen) atoms. The molecule has 2 N–H and O–H groups in total. The van der Waals surface area contributed by atoms with Crippen LogP contribution in [0.1, 0.15) is 22.0 Å². The van der Waals surface area contributed by atoms with E-state index in [-0.39, 0.29) is 17.2 Å². The van der Waals surface area contributed by atoms with Crippen LogP contribution in [0.25, 0.3) is 0 Å². The van der Waals surface area contributed by atoms with Crippen LogP contribution in [0.5, 0.6) is 0 Å². The van der Waals surface area contributed by atoms with Crippen molar-refractivity contribution >= 4 is 5.91 Å². The number of aryl methyl sites for hydroxylation is 1. The normalized spacial score (nSPS) is 10.2. The maximum absolute atomic E-state index is 11.7. The summed E-state index contributed by atoms with van der Waals surface area (Å²) in [6, 6.07) is 8.05. The smallest absolute Gasteiger partial charge is 0.268 e. The molecule has 88 valence electrons. The molecule has 0 aliphatic rings. The first kappa shape index (κ1) is 11.2. The van der Waals surface area contributed by atoms with E-state index in [4.69, 9.17) is 4.42 Å². The first-order valence-corrected chi connectivity index (χ1v) is 5.18. The third-order valence-electron chi connectivity index (χ3n) is 2.23. The van der Waals surface area contributed by atoms with Crippen LogP contribution in [0, 0.1) is 6.92 Å². The monoisotopic (exact) mass is 232 g/mol. The Labute approximate surface area is 97.5 Å². The lowest BCUT2D eigenvalue weighted by atomic mass is 10.3. The maximum atomic E-state index is 11.7. The van der Waals surface area contributed by atoms with Gasteiger partial charge in [0.15, 0.2) is 0 Å². The molecule has 0 radical (unpaired) electrons. The fourth-order valence-corrected chi connectivity index (χ4v) is 1.42.